The van der Waals surface area contributed by atoms with E-state index >= 15 is 0 Å². The highest BCUT2D eigenvalue weighted by molar-refractivity contribution is 7.91. The molecule has 2 aromatic heterocycles. The van der Waals surface area contributed by atoms with E-state index in [0.29, 0.717) is 5.82 Å². The van der Waals surface area contributed by atoms with Gasteiger partial charge in [-0.1, -0.05) is 25.1 Å². The number of aromatic nitrogens is 2. The first kappa shape index (κ1) is 15.6. The predicted molar refractivity (Wildman–Crippen MR) is 80.0 cm³/mol. The smallest absolute Gasteiger partial charge is 0.260 e. The molecule has 0 saturated carbocycles. The Bertz CT molecular complexity index is 754. The van der Waals surface area contributed by atoms with E-state index in [1.165, 1.54) is 4.31 Å². The van der Waals surface area contributed by atoms with Crippen molar-refractivity contribution in [3.8, 4) is 0 Å². The summed E-state index contributed by atoms with van der Waals surface area (Å²) in [7, 11) is -3.58. The number of thiophene rings is 1. The van der Waals surface area contributed by atoms with Crippen molar-refractivity contribution in [3.63, 3.8) is 0 Å². The first-order valence-corrected chi connectivity index (χ1v) is 9.25. The maximum Gasteiger partial charge on any atom is 0.260 e. The standard InChI is InChI=1S/C13H17N3O4S2/c1-9(2)11-14-12(20-15-11)13(17)5-6-16(8-13)22(18,19)10-4-3-7-21-10/h3-4,7,9,17H,5-6,8H2,1-2H3/t13-/m0/s1. The molecule has 1 fully saturated rings. The van der Waals surface area contributed by atoms with Gasteiger partial charge >= 0.3 is 0 Å². The number of rotatable bonds is 4. The van der Waals surface area contributed by atoms with Crippen molar-refractivity contribution in [2.45, 2.75) is 36.0 Å². The average molecular weight is 343 g/mol. The zero-order chi connectivity index (χ0) is 16.0. The molecule has 0 unspecified atom stereocenters. The van der Waals surface area contributed by atoms with E-state index in [1.807, 2.05) is 13.8 Å². The van der Waals surface area contributed by atoms with Crippen LogP contribution in [0.1, 0.15) is 37.9 Å². The van der Waals surface area contributed by atoms with E-state index in [9.17, 15) is 13.5 Å². The zero-order valence-corrected chi connectivity index (χ0v) is 13.9. The van der Waals surface area contributed by atoms with Gasteiger partial charge in [0.1, 0.15) is 4.21 Å². The Morgan fingerprint density at radius 3 is 2.86 bits per heavy atom. The third-order valence-corrected chi connectivity index (χ3v) is 6.88. The van der Waals surface area contributed by atoms with Gasteiger partial charge in [-0.25, -0.2) is 8.42 Å². The first-order valence-electron chi connectivity index (χ1n) is 6.93. The second-order valence-electron chi connectivity index (χ2n) is 5.66. The molecule has 0 amide bonds. The third kappa shape index (κ3) is 2.58. The quantitative estimate of drug-likeness (QED) is 0.904. The molecule has 3 heterocycles. The minimum atomic E-state index is -3.58. The molecule has 1 saturated heterocycles. The molecule has 0 radical (unpaired) electrons. The predicted octanol–water partition coefficient (Wildman–Crippen LogP) is 1.54. The van der Waals surface area contributed by atoms with Gasteiger partial charge < -0.3 is 9.63 Å². The molecule has 9 heteroatoms. The van der Waals surface area contributed by atoms with Crippen LogP contribution in [0.5, 0.6) is 0 Å². The largest absolute Gasteiger partial charge is 0.379 e. The third-order valence-electron chi connectivity index (χ3n) is 3.66. The summed E-state index contributed by atoms with van der Waals surface area (Å²) in [6, 6.07) is 3.24. The van der Waals surface area contributed by atoms with E-state index < -0.39 is 15.6 Å². The first-order chi connectivity index (χ1) is 10.3. The number of hydrogen-bond acceptors (Lipinski definition) is 7. The number of aliphatic hydroxyl groups is 1. The van der Waals surface area contributed by atoms with Crippen LogP contribution in [0.4, 0.5) is 0 Å². The second-order valence-corrected chi connectivity index (χ2v) is 8.78. The normalized spacial score (nSPS) is 23.5. The molecule has 1 atom stereocenters. The Morgan fingerprint density at radius 1 is 1.50 bits per heavy atom. The summed E-state index contributed by atoms with van der Waals surface area (Å²) in [5, 5.41) is 16.2. The molecule has 1 aliphatic heterocycles. The van der Waals surface area contributed by atoms with Gasteiger partial charge in [-0.3, -0.25) is 0 Å². The molecule has 2 aromatic rings. The zero-order valence-electron chi connectivity index (χ0n) is 12.3. The van der Waals surface area contributed by atoms with Crippen molar-refractivity contribution in [1.29, 1.82) is 0 Å². The lowest BCUT2D eigenvalue weighted by atomic mass is 10.0. The lowest BCUT2D eigenvalue weighted by molar-refractivity contribution is 0.0194. The maximum atomic E-state index is 12.5. The van der Waals surface area contributed by atoms with Crippen molar-refractivity contribution in [3.05, 3.63) is 29.2 Å². The molecular formula is C13H17N3O4S2. The Kier molecular flexibility index (Phi) is 3.84. The molecule has 120 valence electrons. The minimum Gasteiger partial charge on any atom is -0.379 e. The molecule has 0 aromatic carbocycles. The summed E-state index contributed by atoms with van der Waals surface area (Å²) in [5.74, 6) is 0.663. The molecule has 0 bridgehead atoms. The highest BCUT2D eigenvalue weighted by Gasteiger charge is 2.47. The second kappa shape index (κ2) is 5.41. The van der Waals surface area contributed by atoms with Crippen LogP contribution in [0, 0.1) is 0 Å². The van der Waals surface area contributed by atoms with Crippen LogP contribution in [0.3, 0.4) is 0 Å². The minimum absolute atomic E-state index is 0.0764. The molecule has 0 aliphatic carbocycles. The number of sulfonamides is 1. The fraction of sp³-hybridized carbons (Fsp3) is 0.538. The van der Waals surface area contributed by atoms with Crippen LogP contribution < -0.4 is 0 Å². The van der Waals surface area contributed by atoms with Crippen molar-refractivity contribution in [2.75, 3.05) is 13.1 Å². The fourth-order valence-corrected chi connectivity index (χ4v) is 4.97. The monoisotopic (exact) mass is 343 g/mol. The summed E-state index contributed by atoms with van der Waals surface area (Å²) < 4.78 is 31.6. The van der Waals surface area contributed by atoms with E-state index in [4.69, 9.17) is 4.52 Å². The van der Waals surface area contributed by atoms with Crippen molar-refractivity contribution in [2.24, 2.45) is 0 Å². The summed E-state index contributed by atoms with van der Waals surface area (Å²) in [6.45, 7) is 3.98. The van der Waals surface area contributed by atoms with Crippen LogP contribution in [0.2, 0.25) is 0 Å². The van der Waals surface area contributed by atoms with Crippen LogP contribution in [-0.4, -0.2) is 41.1 Å². The van der Waals surface area contributed by atoms with Gasteiger partial charge in [-0.05, 0) is 11.4 Å². The Labute approximate surface area is 132 Å². The van der Waals surface area contributed by atoms with Crippen molar-refractivity contribution in [1.82, 2.24) is 14.4 Å². The summed E-state index contributed by atoms with van der Waals surface area (Å²) >= 11 is 1.16. The van der Waals surface area contributed by atoms with E-state index in [1.54, 1.807) is 17.5 Å². The Balaban J connectivity index is 1.84. The lowest BCUT2D eigenvalue weighted by Crippen LogP contribution is -2.34. The highest BCUT2D eigenvalue weighted by atomic mass is 32.2. The van der Waals surface area contributed by atoms with Crippen LogP contribution in [0.25, 0.3) is 0 Å². The van der Waals surface area contributed by atoms with Crippen molar-refractivity contribution < 1.29 is 18.0 Å². The SMILES string of the molecule is CC(C)c1noc([C@]2(O)CCN(S(=O)(=O)c3cccs3)C2)n1. The fourth-order valence-electron chi connectivity index (χ4n) is 2.34. The lowest BCUT2D eigenvalue weighted by Gasteiger charge is -2.19. The van der Waals surface area contributed by atoms with Gasteiger partial charge in [-0.2, -0.15) is 9.29 Å². The number of β-amino-alcohol motifs (C(OH)–C–C–N with tert-alkyl or cyclic N) is 1. The maximum absolute atomic E-state index is 12.5. The molecule has 1 N–H and O–H groups in total. The van der Waals surface area contributed by atoms with Crippen molar-refractivity contribution >= 4 is 21.4 Å². The highest BCUT2D eigenvalue weighted by Crippen LogP contribution is 2.35. The molecule has 7 nitrogen and oxygen atoms in total. The van der Waals surface area contributed by atoms with Gasteiger partial charge in [-0.15, -0.1) is 11.3 Å². The van der Waals surface area contributed by atoms with Gasteiger partial charge in [0, 0.05) is 18.9 Å². The molecule has 22 heavy (non-hydrogen) atoms. The Morgan fingerprint density at radius 2 is 2.27 bits per heavy atom. The van der Waals surface area contributed by atoms with Gasteiger partial charge in [0.05, 0.1) is 6.54 Å². The average Bonchev–Trinajstić information content (AvgIpc) is 3.19. The molecule has 1 aliphatic rings. The Hall–Kier alpha value is -1.29. The van der Waals surface area contributed by atoms with Crippen LogP contribution in [-0.2, 0) is 15.6 Å². The molecule has 0 spiro atoms. The number of hydrogen-bond donors (Lipinski definition) is 1. The molecular weight excluding hydrogens is 326 g/mol. The van der Waals surface area contributed by atoms with E-state index in [2.05, 4.69) is 10.1 Å². The van der Waals surface area contributed by atoms with Crippen LogP contribution >= 0.6 is 11.3 Å². The van der Waals surface area contributed by atoms with Crippen LogP contribution in [0.15, 0.2) is 26.2 Å². The topological polar surface area (TPSA) is 96.5 Å². The molecule has 3 rings (SSSR count). The summed E-state index contributed by atoms with van der Waals surface area (Å²) in [5.41, 5.74) is -1.43. The van der Waals surface area contributed by atoms with E-state index in [0.717, 1.165) is 11.3 Å². The van der Waals surface area contributed by atoms with E-state index in [-0.39, 0.29) is 35.5 Å². The summed E-state index contributed by atoms with van der Waals surface area (Å²) in [4.78, 5) is 4.20. The van der Waals surface area contributed by atoms with Gasteiger partial charge in [0.25, 0.3) is 15.9 Å². The summed E-state index contributed by atoms with van der Waals surface area (Å²) in [6.07, 6.45) is 0.233. The van der Waals surface area contributed by atoms with Gasteiger partial charge in [0.15, 0.2) is 11.4 Å². The van der Waals surface area contributed by atoms with Gasteiger partial charge in [0.2, 0.25) is 0 Å². The number of nitrogens with zero attached hydrogens (tertiary/aromatic N) is 3.